The fraction of sp³-hybridized carbons (Fsp3) is 0.179. The molecule has 1 unspecified atom stereocenters. The average molecular weight is 493 g/mol. The molecule has 1 amide bonds. The quantitative estimate of drug-likeness (QED) is 0.222. The van der Waals surface area contributed by atoms with E-state index < -0.39 is 0 Å². The summed E-state index contributed by atoms with van der Waals surface area (Å²) >= 11 is 0. The summed E-state index contributed by atoms with van der Waals surface area (Å²) in [6.45, 7) is 4.50. The van der Waals surface area contributed by atoms with Crippen molar-refractivity contribution in [2.45, 2.75) is 18.9 Å². The molecule has 9 heteroatoms. The molecule has 0 saturated carbocycles. The highest BCUT2D eigenvalue weighted by Crippen LogP contribution is 2.28. The maximum Gasteiger partial charge on any atom is 0.263 e. The second-order valence-electron chi connectivity index (χ2n) is 8.74. The predicted molar refractivity (Wildman–Crippen MR) is 138 cm³/mol. The van der Waals surface area contributed by atoms with Crippen molar-refractivity contribution in [3.05, 3.63) is 90.4 Å². The molecule has 1 atom stereocenters. The van der Waals surface area contributed by atoms with Crippen LogP contribution in [0, 0.1) is 11.3 Å². The summed E-state index contributed by atoms with van der Waals surface area (Å²) in [5.74, 6) is 1.31. The maximum absolute atomic E-state index is 13.4. The van der Waals surface area contributed by atoms with Crippen molar-refractivity contribution in [1.29, 1.82) is 5.26 Å². The number of nitriles is 1. The summed E-state index contributed by atoms with van der Waals surface area (Å²) in [5, 5.41) is 13.0. The van der Waals surface area contributed by atoms with E-state index in [0.29, 0.717) is 52.6 Å². The van der Waals surface area contributed by atoms with Crippen LogP contribution in [-0.2, 0) is 4.79 Å². The predicted octanol–water partition coefficient (Wildman–Crippen LogP) is 4.46. The third kappa shape index (κ3) is 5.04. The van der Waals surface area contributed by atoms with Crippen molar-refractivity contribution in [2.75, 3.05) is 18.4 Å². The highest BCUT2D eigenvalue weighted by Gasteiger charge is 2.27. The number of H-pyrrole nitrogens is 1. The van der Waals surface area contributed by atoms with Gasteiger partial charge in [0.15, 0.2) is 5.78 Å². The molecule has 2 N–H and O–H groups in total. The minimum Gasteiger partial charge on any atom is -0.457 e. The van der Waals surface area contributed by atoms with Gasteiger partial charge in [0.2, 0.25) is 0 Å². The van der Waals surface area contributed by atoms with Crippen molar-refractivity contribution < 1.29 is 14.3 Å². The Labute approximate surface area is 213 Å². The zero-order valence-electron chi connectivity index (χ0n) is 20.0. The number of amides is 1. The van der Waals surface area contributed by atoms with E-state index in [-0.39, 0.29) is 23.3 Å². The number of anilines is 1. The van der Waals surface area contributed by atoms with Crippen LogP contribution in [0.1, 0.15) is 28.8 Å². The monoisotopic (exact) mass is 492 g/mol. The number of hydrogen-bond acceptors (Lipinski definition) is 7. The number of para-hydroxylation sites is 1. The lowest BCUT2D eigenvalue weighted by Gasteiger charge is -2.33. The van der Waals surface area contributed by atoms with Crippen LogP contribution in [-0.4, -0.2) is 50.7 Å². The third-order valence-electron chi connectivity index (χ3n) is 6.25. The van der Waals surface area contributed by atoms with Gasteiger partial charge in [-0.05, 0) is 49.2 Å². The number of ether oxygens (including phenoxy) is 1. The number of carbonyl (C=O) groups is 2. The van der Waals surface area contributed by atoms with Crippen molar-refractivity contribution >= 4 is 28.5 Å². The highest BCUT2D eigenvalue weighted by molar-refractivity contribution is 6.18. The Morgan fingerprint density at radius 2 is 1.86 bits per heavy atom. The molecule has 4 aromatic rings. The van der Waals surface area contributed by atoms with Crippen molar-refractivity contribution in [1.82, 2.24) is 19.9 Å². The summed E-state index contributed by atoms with van der Waals surface area (Å²) in [4.78, 5) is 39.2. The minimum atomic E-state index is -0.362. The number of nitrogens with zero attached hydrogens (tertiary/aromatic N) is 4. The van der Waals surface area contributed by atoms with E-state index in [1.807, 2.05) is 36.4 Å². The fourth-order valence-electron chi connectivity index (χ4n) is 4.42. The molecule has 37 heavy (non-hydrogen) atoms. The first-order valence-electron chi connectivity index (χ1n) is 11.9. The molecule has 3 heterocycles. The summed E-state index contributed by atoms with van der Waals surface area (Å²) in [7, 11) is 0. The lowest BCUT2D eigenvalue weighted by molar-refractivity contribution is -0.127. The first-order valence-corrected chi connectivity index (χ1v) is 11.9. The zero-order chi connectivity index (χ0) is 25.8. The van der Waals surface area contributed by atoms with Crippen LogP contribution in [0.4, 0.5) is 5.82 Å². The summed E-state index contributed by atoms with van der Waals surface area (Å²) < 4.78 is 5.83. The summed E-state index contributed by atoms with van der Waals surface area (Å²) in [6, 6.07) is 18.1. The largest absolute Gasteiger partial charge is 0.457 e. The topological polar surface area (TPSA) is 124 Å². The normalized spacial score (nSPS) is 15.1. The standard InChI is InChI=1S/C28H24N6O3/c1-18(14-29)28(36)34-13-5-6-20(16-34)33-27-24-23(15-30-26(24)31-17-32-27)25(35)19-9-11-22(12-10-19)37-21-7-3-2-4-8-21/h2-4,7-12,15,17,20H,1,5-6,13,16H2,(H2,30,31,32,33). The number of carbonyl (C=O) groups excluding carboxylic acids is 2. The van der Waals surface area contributed by atoms with E-state index in [2.05, 4.69) is 26.8 Å². The Morgan fingerprint density at radius 3 is 2.62 bits per heavy atom. The van der Waals surface area contributed by atoms with Crippen molar-refractivity contribution in [3.8, 4) is 17.6 Å². The number of fused-ring (bicyclic) bond motifs is 1. The van der Waals surface area contributed by atoms with Gasteiger partial charge in [0.25, 0.3) is 5.91 Å². The van der Waals surface area contributed by atoms with E-state index in [1.54, 1.807) is 35.4 Å². The van der Waals surface area contributed by atoms with E-state index in [1.165, 1.54) is 6.33 Å². The number of benzene rings is 2. The molecule has 0 bridgehead atoms. The molecule has 0 aliphatic carbocycles. The summed E-state index contributed by atoms with van der Waals surface area (Å²) in [6.07, 6.45) is 4.64. The number of ketones is 1. The summed E-state index contributed by atoms with van der Waals surface area (Å²) in [5.41, 5.74) is 1.40. The van der Waals surface area contributed by atoms with Crippen LogP contribution in [0.15, 0.2) is 79.3 Å². The van der Waals surface area contributed by atoms with E-state index in [9.17, 15) is 9.59 Å². The number of piperidine rings is 1. The van der Waals surface area contributed by atoms with Gasteiger partial charge in [-0.15, -0.1) is 0 Å². The second-order valence-corrected chi connectivity index (χ2v) is 8.74. The number of rotatable bonds is 7. The van der Waals surface area contributed by atoms with Crippen molar-refractivity contribution in [2.24, 2.45) is 0 Å². The van der Waals surface area contributed by atoms with Gasteiger partial charge in [0.1, 0.15) is 40.9 Å². The molecule has 1 fully saturated rings. The van der Waals surface area contributed by atoms with E-state index in [4.69, 9.17) is 10.00 Å². The molecule has 1 aliphatic heterocycles. The Kier molecular flexibility index (Phi) is 6.64. The van der Waals surface area contributed by atoms with Gasteiger partial charge in [0.05, 0.1) is 10.9 Å². The van der Waals surface area contributed by atoms with Gasteiger partial charge in [-0.2, -0.15) is 5.26 Å². The van der Waals surface area contributed by atoms with Gasteiger partial charge in [-0.25, -0.2) is 9.97 Å². The lowest BCUT2D eigenvalue weighted by atomic mass is 10.0. The molecule has 2 aromatic heterocycles. The lowest BCUT2D eigenvalue weighted by Crippen LogP contribution is -2.45. The van der Waals surface area contributed by atoms with Gasteiger partial charge in [0, 0.05) is 30.9 Å². The molecule has 2 aromatic carbocycles. The van der Waals surface area contributed by atoms with Gasteiger partial charge < -0.3 is 19.9 Å². The first kappa shape index (κ1) is 23.8. The molecule has 184 valence electrons. The number of hydrogen-bond donors (Lipinski definition) is 2. The molecular weight excluding hydrogens is 468 g/mol. The van der Waals surface area contributed by atoms with E-state index >= 15 is 0 Å². The van der Waals surface area contributed by atoms with E-state index in [0.717, 1.165) is 12.8 Å². The number of aromatic nitrogens is 3. The van der Waals surface area contributed by atoms with Crippen molar-refractivity contribution in [3.63, 3.8) is 0 Å². The van der Waals surface area contributed by atoms with Crippen LogP contribution in [0.25, 0.3) is 11.0 Å². The van der Waals surface area contributed by atoms with Crippen LogP contribution in [0.3, 0.4) is 0 Å². The number of likely N-dealkylation sites (tertiary alicyclic amines) is 1. The van der Waals surface area contributed by atoms with Crippen LogP contribution in [0.2, 0.25) is 0 Å². The fourth-order valence-corrected chi connectivity index (χ4v) is 4.42. The Bertz CT molecular complexity index is 1500. The molecule has 1 aliphatic rings. The first-order chi connectivity index (χ1) is 18.0. The molecule has 9 nitrogen and oxygen atoms in total. The van der Waals surface area contributed by atoms with Gasteiger partial charge in [-0.1, -0.05) is 24.8 Å². The Morgan fingerprint density at radius 1 is 1.11 bits per heavy atom. The maximum atomic E-state index is 13.4. The smallest absolute Gasteiger partial charge is 0.263 e. The third-order valence-corrected chi connectivity index (χ3v) is 6.25. The molecule has 0 radical (unpaired) electrons. The average Bonchev–Trinajstić information content (AvgIpc) is 3.38. The Balaban J connectivity index is 1.36. The SMILES string of the molecule is C=C(C#N)C(=O)N1CCCC(Nc2ncnc3[nH]cc(C(=O)c4ccc(Oc5ccccc5)cc4)c23)C1. The van der Waals surface area contributed by atoms with Gasteiger partial charge in [-0.3, -0.25) is 9.59 Å². The Hall–Kier alpha value is -4.97. The second kappa shape index (κ2) is 10.3. The van der Waals surface area contributed by atoms with Crippen LogP contribution < -0.4 is 10.1 Å². The molecule has 5 rings (SSSR count). The number of nitrogens with one attached hydrogen (secondary N) is 2. The van der Waals surface area contributed by atoms with Crippen LogP contribution in [0.5, 0.6) is 11.5 Å². The minimum absolute atomic E-state index is 0.0798. The number of aromatic amines is 1. The highest BCUT2D eigenvalue weighted by atomic mass is 16.5. The molecule has 1 saturated heterocycles. The molecule has 0 spiro atoms. The van der Waals surface area contributed by atoms with Gasteiger partial charge >= 0.3 is 0 Å². The molecular formula is C28H24N6O3. The zero-order valence-corrected chi connectivity index (χ0v) is 20.0. The van der Waals surface area contributed by atoms with Crippen LogP contribution >= 0.6 is 0 Å².